The monoisotopic (exact) mass is 406 g/mol. The van der Waals surface area contributed by atoms with Crippen LogP contribution in [0.5, 0.6) is 0 Å². The second-order valence-corrected chi connectivity index (χ2v) is 6.63. The van der Waals surface area contributed by atoms with Crippen molar-refractivity contribution in [3.63, 3.8) is 0 Å². The Morgan fingerprint density at radius 1 is 1.35 bits per heavy atom. The molecule has 0 aromatic carbocycles. The summed E-state index contributed by atoms with van der Waals surface area (Å²) < 4.78 is 5.27. The lowest BCUT2D eigenvalue weighted by molar-refractivity contribution is -0.123. The molecule has 0 radical (unpaired) electrons. The van der Waals surface area contributed by atoms with Gasteiger partial charge in [-0.25, -0.2) is 4.98 Å². The van der Waals surface area contributed by atoms with Gasteiger partial charge in [0.2, 0.25) is 5.91 Å². The molecule has 26 heavy (non-hydrogen) atoms. The van der Waals surface area contributed by atoms with E-state index in [0.29, 0.717) is 36.9 Å². The number of halogens is 2. The van der Waals surface area contributed by atoms with Crippen molar-refractivity contribution in [1.29, 1.82) is 0 Å². The molecule has 2 aliphatic rings. The number of nitrogens with one attached hydrogen (secondary N) is 2. The normalized spacial score (nSPS) is 22.3. The second kappa shape index (κ2) is 10.7. The van der Waals surface area contributed by atoms with Crippen LogP contribution >= 0.6 is 24.8 Å². The average Bonchev–Trinajstić information content (AvgIpc) is 3.30. The summed E-state index contributed by atoms with van der Waals surface area (Å²) in [5.41, 5.74) is 0.428. The maximum Gasteiger partial charge on any atom is 0.276 e. The smallest absolute Gasteiger partial charge is 0.276 e. The highest BCUT2D eigenvalue weighted by Gasteiger charge is 2.28. The minimum atomic E-state index is -0.0610. The Kier molecular flexibility index (Phi) is 9.39. The van der Waals surface area contributed by atoms with E-state index in [1.54, 1.807) is 0 Å². The lowest BCUT2D eigenvalue weighted by atomic mass is 9.97. The molecule has 0 bridgehead atoms. The predicted molar refractivity (Wildman–Crippen MR) is 103 cm³/mol. The zero-order chi connectivity index (χ0) is 16.9. The van der Waals surface area contributed by atoms with E-state index in [4.69, 9.17) is 4.42 Å². The van der Waals surface area contributed by atoms with E-state index in [1.165, 1.54) is 6.39 Å². The van der Waals surface area contributed by atoms with E-state index in [2.05, 4.69) is 15.6 Å². The van der Waals surface area contributed by atoms with Gasteiger partial charge in [0.1, 0.15) is 5.76 Å². The summed E-state index contributed by atoms with van der Waals surface area (Å²) >= 11 is 0. The fraction of sp³-hybridized carbons (Fsp3) is 0.706. The molecule has 7 nitrogen and oxygen atoms in total. The first kappa shape index (κ1) is 22.7. The Bertz CT molecular complexity index is 590. The fourth-order valence-corrected chi connectivity index (χ4v) is 3.54. The van der Waals surface area contributed by atoms with Gasteiger partial charge in [-0.1, -0.05) is 6.92 Å². The molecule has 2 amide bonds. The molecule has 2 saturated heterocycles. The van der Waals surface area contributed by atoms with Crippen molar-refractivity contribution in [2.24, 2.45) is 5.92 Å². The SMILES string of the molecule is CCc1ocnc1C(=O)N1CCCC(CNC(=O)C2CCCN2)C1.Cl.Cl. The highest BCUT2D eigenvalue weighted by atomic mass is 35.5. The van der Waals surface area contributed by atoms with Crippen molar-refractivity contribution >= 4 is 36.6 Å². The van der Waals surface area contributed by atoms with Crippen LogP contribution < -0.4 is 10.6 Å². The summed E-state index contributed by atoms with van der Waals surface area (Å²) in [7, 11) is 0. The topological polar surface area (TPSA) is 87.5 Å². The van der Waals surface area contributed by atoms with Gasteiger partial charge >= 0.3 is 0 Å². The Hall–Kier alpha value is -1.31. The summed E-state index contributed by atoms with van der Waals surface area (Å²) in [4.78, 5) is 30.7. The molecule has 1 aromatic heterocycles. The molecule has 3 heterocycles. The van der Waals surface area contributed by atoms with Crippen molar-refractivity contribution < 1.29 is 14.0 Å². The second-order valence-electron chi connectivity index (χ2n) is 6.63. The van der Waals surface area contributed by atoms with E-state index in [0.717, 1.165) is 38.8 Å². The van der Waals surface area contributed by atoms with Crippen LogP contribution in [0.2, 0.25) is 0 Å². The number of aryl methyl sites for hydroxylation is 1. The molecule has 1 aromatic rings. The van der Waals surface area contributed by atoms with Crippen molar-refractivity contribution in [3.8, 4) is 0 Å². The Morgan fingerprint density at radius 2 is 2.15 bits per heavy atom. The zero-order valence-corrected chi connectivity index (χ0v) is 16.7. The van der Waals surface area contributed by atoms with E-state index < -0.39 is 0 Å². The fourth-order valence-electron chi connectivity index (χ4n) is 3.54. The minimum absolute atomic E-state index is 0. The van der Waals surface area contributed by atoms with Crippen LogP contribution in [0.15, 0.2) is 10.8 Å². The highest BCUT2D eigenvalue weighted by Crippen LogP contribution is 2.19. The maximum atomic E-state index is 12.6. The van der Waals surface area contributed by atoms with E-state index in [9.17, 15) is 9.59 Å². The Morgan fingerprint density at radius 3 is 2.85 bits per heavy atom. The number of nitrogens with zero attached hydrogens (tertiary/aromatic N) is 2. The van der Waals surface area contributed by atoms with E-state index in [1.807, 2.05) is 11.8 Å². The summed E-state index contributed by atoms with van der Waals surface area (Å²) in [6.45, 7) is 4.89. The number of aromatic nitrogens is 1. The number of hydrogen-bond donors (Lipinski definition) is 2. The van der Waals surface area contributed by atoms with Gasteiger partial charge < -0.3 is 20.0 Å². The lowest BCUT2D eigenvalue weighted by Gasteiger charge is -2.32. The van der Waals surface area contributed by atoms with Crippen LogP contribution in [0.25, 0.3) is 0 Å². The minimum Gasteiger partial charge on any atom is -0.448 e. The van der Waals surface area contributed by atoms with E-state index in [-0.39, 0.29) is 42.7 Å². The number of amides is 2. The van der Waals surface area contributed by atoms with Gasteiger partial charge in [0.25, 0.3) is 5.91 Å². The molecule has 0 spiro atoms. The van der Waals surface area contributed by atoms with Crippen LogP contribution in [0.1, 0.15) is 48.9 Å². The molecule has 2 aliphatic heterocycles. The predicted octanol–water partition coefficient (Wildman–Crippen LogP) is 1.80. The number of piperidine rings is 1. The van der Waals surface area contributed by atoms with Crippen LogP contribution in [0.3, 0.4) is 0 Å². The van der Waals surface area contributed by atoms with Crippen LogP contribution in [0, 0.1) is 5.92 Å². The highest BCUT2D eigenvalue weighted by molar-refractivity contribution is 5.93. The summed E-state index contributed by atoms with van der Waals surface area (Å²) in [5.74, 6) is 0.961. The number of carbonyl (C=O) groups excluding carboxylic acids is 2. The van der Waals surface area contributed by atoms with Crippen molar-refractivity contribution in [2.75, 3.05) is 26.2 Å². The number of rotatable bonds is 5. The standard InChI is InChI=1S/C17H26N4O3.2ClH/c1-2-14-15(20-11-24-14)17(23)21-8-4-5-12(10-21)9-19-16(22)13-6-3-7-18-13;;/h11-13,18H,2-10H2,1H3,(H,19,22);2*1H. The summed E-state index contributed by atoms with van der Waals surface area (Å²) in [5, 5.41) is 6.24. The van der Waals surface area contributed by atoms with Crippen molar-refractivity contribution in [2.45, 2.75) is 45.1 Å². The van der Waals surface area contributed by atoms with Crippen LogP contribution in [-0.2, 0) is 11.2 Å². The molecule has 2 atom stereocenters. The maximum absolute atomic E-state index is 12.6. The molecule has 9 heteroatoms. The van der Waals surface area contributed by atoms with Crippen molar-refractivity contribution in [1.82, 2.24) is 20.5 Å². The molecule has 2 N–H and O–H groups in total. The number of oxazole rings is 1. The molecule has 148 valence electrons. The third kappa shape index (κ3) is 5.34. The summed E-state index contributed by atoms with van der Waals surface area (Å²) in [6, 6.07) is -0.0476. The average molecular weight is 407 g/mol. The van der Waals surface area contributed by atoms with Gasteiger partial charge in [-0.3, -0.25) is 9.59 Å². The Balaban J connectivity index is 0.00000169. The first-order chi connectivity index (χ1) is 11.7. The molecule has 0 saturated carbocycles. The first-order valence-electron chi connectivity index (χ1n) is 8.91. The van der Waals surface area contributed by atoms with Gasteiger partial charge in [-0.2, -0.15) is 0 Å². The number of likely N-dealkylation sites (tertiary alicyclic amines) is 1. The molecule has 2 fully saturated rings. The van der Waals surface area contributed by atoms with Crippen molar-refractivity contribution in [3.05, 3.63) is 17.8 Å². The molecular weight excluding hydrogens is 379 g/mol. The first-order valence-corrected chi connectivity index (χ1v) is 8.91. The van der Waals surface area contributed by atoms with Gasteiger partial charge in [0, 0.05) is 26.1 Å². The van der Waals surface area contributed by atoms with E-state index >= 15 is 0 Å². The lowest BCUT2D eigenvalue weighted by Crippen LogP contribution is -2.46. The largest absolute Gasteiger partial charge is 0.448 e. The molecule has 2 unspecified atom stereocenters. The summed E-state index contributed by atoms with van der Waals surface area (Å²) in [6.07, 6.45) is 5.94. The third-order valence-electron chi connectivity index (χ3n) is 4.91. The van der Waals surface area contributed by atoms with Gasteiger partial charge in [-0.15, -0.1) is 24.8 Å². The Labute approximate surface area is 166 Å². The zero-order valence-electron chi connectivity index (χ0n) is 15.0. The van der Waals surface area contributed by atoms with Gasteiger partial charge in [-0.05, 0) is 38.1 Å². The van der Waals surface area contributed by atoms with Crippen LogP contribution in [-0.4, -0.2) is 53.9 Å². The quantitative estimate of drug-likeness (QED) is 0.778. The van der Waals surface area contributed by atoms with Gasteiger partial charge in [0.05, 0.1) is 6.04 Å². The number of hydrogen-bond acceptors (Lipinski definition) is 5. The van der Waals surface area contributed by atoms with Crippen LogP contribution in [0.4, 0.5) is 0 Å². The number of carbonyl (C=O) groups is 2. The molecule has 0 aliphatic carbocycles. The molecule has 3 rings (SSSR count). The third-order valence-corrected chi connectivity index (χ3v) is 4.91. The van der Waals surface area contributed by atoms with Gasteiger partial charge in [0.15, 0.2) is 12.1 Å². The molecular formula is C17H28Cl2N4O3.